The number of aromatic hydroxyl groups is 1. The molecule has 3 aromatic carbocycles. The number of ether oxygens (including phenoxy) is 1. The van der Waals surface area contributed by atoms with E-state index in [1.807, 2.05) is 0 Å². The average Bonchev–Trinajstić information content (AvgIpc) is 3.84. The highest BCUT2D eigenvalue weighted by Gasteiger charge is 2.40. The fourth-order valence-corrected chi connectivity index (χ4v) is 9.95. The maximum Gasteiger partial charge on any atom is 0.336 e. The Kier molecular flexibility index (Phi) is 14.8. The molecule has 4 aliphatic rings. The third-order valence-electron chi connectivity index (χ3n) is 11.7. The van der Waals surface area contributed by atoms with Crippen molar-refractivity contribution in [1.82, 2.24) is 20.4 Å². The van der Waals surface area contributed by atoms with Crippen LogP contribution in [0.4, 0.5) is 5.69 Å². The highest BCUT2D eigenvalue weighted by atomic mass is 32.2. The van der Waals surface area contributed by atoms with Gasteiger partial charge in [0.15, 0.2) is 5.43 Å². The number of benzene rings is 4. The summed E-state index contributed by atoms with van der Waals surface area (Å²) >= 11 is 1.02. The van der Waals surface area contributed by atoms with E-state index in [-0.39, 0.29) is 69.8 Å². The Morgan fingerprint density at radius 3 is 2.49 bits per heavy atom. The summed E-state index contributed by atoms with van der Waals surface area (Å²) in [5.41, 5.74) is 5.18. The Morgan fingerprint density at radius 1 is 0.958 bits per heavy atom. The van der Waals surface area contributed by atoms with Gasteiger partial charge in [0.2, 0.25) is 17.7 Å². The van der Waals surface area contributed by atoms with E-state index in [2.05, 4.69) is 15.8 Å². The van der Waals surface area contributed by atoms with Crippen LogP contribution < -0.4 is 37.3 Å². The summed E-state index contributed by atoms with van der Waals surface area (Å²) in [5, 5.41) is 30.2. The lowest BCUT2D eigenvalue weighted by molar-refractivity contribution is -0.228. The van der Waals surface area contributed by atoms with Crippen molar-refractivity contribution in [2.75, 3.05) is 23.9 Å². The second kappa shape index (κ2) is 21.0. The molecule has 4 aromatic rings. The number of hydrogen-bond acceptors (Lipinski definition) is 17. The number of phosphoric ester groups is 1. The molecule has 4 heterocycles. The molecule has 2 fully saturated rings. The van der Waals surface area contributed by atoms with Crippen LogP contribution in [0, 0.1) is 6.92 Å². The van der Waals surface area contributed by atoms with Gasteiger partial charge in [0, 0.05) is 71.0 Å². The fourth-order valence-electron chi connectivity index (χ4n) is 8.14. The van der Waals surface area contributed by atoms with E-state index in [4.69, 9.17) is 18.2 Å². The molecule has 1 aromatic heterocycles. The molecule has 0 spiro atoms. The van der Waals surface area contributed by atoms with E-state index in [0.29, 0.717) is 35.0 Å². The quantitative estimate of drug-likeness (QED) is 0.0251. The largest absolute Gasteiger partial charge is 0.756 e. The number of aryl methyl sites for hydroxylation is 2. The Morgan fingerprint density at radius 2 is 1.73 bits per heavy atom. The van der Waals surface area contributed by atoms with Crippen molar-refractivity contribution in [2.24, 2.45) is 0 Å². The van der Waals surface area contributed by atoms with Crippen LogP contribution in [0.15, 0.2) is 104 Å². The molecule has 1 aliphatic carbocycles. The first-order valence-electron chi connectivity index (χ1n) is 21.9. The molecule has 0 bridgehead atoms. The van der Waals surface area contributed by atoms with Crippen LogP contribution in [-0.4, -0.2) is 90.9 Å². The lowest BCUT2D eigenvalue weighted by atomic mass is 9.89. The summed E-state index contributed by atoms with van der Waals surface area (Å²) in [5.74, 6) is -3.52. The molecular formula is C47H43N5O17PS-. The number of carbonyl (C=O) groups excluding carboxylic acids is 4. The molecule has 5 atom stereocenters. The molecule has 370 valence electrons. The highest BCUT2D eigenvalue weighted by Crippen LogP contribution is 2.43. The molecule has 8 rings (SSSR count). The summed E-state index contributed by atoms with van der Waals surface area (Å²) in [4.78, 5) is 116. The number of aliphatic hydroxyl groups is 1. The smallest absolute Gasteiger partial charge is 0.336 e. The number of nitrogens with zero attached hydrogens (tertiary/aromatic N) is 2. The molecular weight excluding hydrogens is 970 g/mol. The second-order valence-corrected chi connectivity index (χ2v) is 19.2. The zero-order valence-electron chi connectivity index (χ0n) is 37.4. The van der Waals surface area contributed by atoms with Gasteiger partial charge < -0.3 is 38.4 Å². The number of H-pyrrole nitrogens is 1. The van der Waals surface area contributed by atoms with Gasteiger partial charge in [-0.25, -0.2) is 14.5 Å². The molecule has 4 amide bonds. The van der Waals surface area contributed by atoms with Crippen LogP contribution in [0.25, 0.3) is 33.4 Å². The van der Waals surface area contributed by atoms with Gasteiger partial charge in [0.1, 0.15) is 29.4 Å². The number of anilines is 1. The summed E-state index contributed by atoms with van der Waals surface area (Å²) in [6.07, 6.45) is -1.49. The number of aromatic carboxylic acids is 1. The lowest BCUT2D eigenvalue weighted by Crippen LogP contribution is -2.41. The first-order chi connectivity index (χ1) is 33.8. The molecule has 2 unspecified atom stereocenters. The van der Waals surface area contributed by atoms with Crippen molar-refractivity contribution < 1.29 is 67.0 Å². The lowest BCUT2D eigenvalue weighted by Gasteiger charge is -2.25. The van der Waals surface area contributed by atoms with Gasteiger partial charge in [-0.3, -0.25) is 53.7 Å². The van der Waals surface area contributed by atoms with E-state index in [1.54, 1.807) is 24.3 Å². The number of aromatic nitrogens is 2. The fraction of sp³-hybridized carbons (Fsp3) is 0.277. The second-order valence-electron chi connectivity index (χ2n) is 16.5. The Hall–Kier alpha value is -7.24. The summed E-state index contributed by atoms with van der Waals surface area (Å²) in [7, 11) is -4.90. The van der Waals surface area contributed by atoms with Gasteiger partial charge in [-0.1, -0.05) is 12.1 Å². The van der Waals surface area contributed by atoms with Crippen molar-refractivity contribution in [1.29, 1.82) is 0 Å². The number of aromatic amines is 1. The zero-order valence-corrected chi connectivity index (χ0v) is 39.1. The molecule has 6 N–H and O–H groups in total. The molecule has 24 heteroatoms. The standard InChI is InChI=1S/C47H44N5O17PS/c1-24-22-51(47(63)48-43(24)58)41-20-34(55)37(69-41)23-67-70(64,65)66-15-16-71-38-21-40(57)52(45(38)60)27-8-5-25(6-9-27)3-2-4-39(56)49-50-44(59)26-7-12-30(46(61)62)33(17-26)42-31-13-10-28(53)18-35(31)68-36-19-29(54)11-14-32(36)42/h5-14,17-19,22,34,37-38,41,53,55H,2-4,15-16,20-21,23H2,1H3,(H,49,56)(H,50,59)(H,61,62)(H,64,65)(H,48,58,63)/p-1/t34-,37-,38?,41-/m1/s1. The van der Waals surface area contributed by atoms with E-state index in [9.17, 15) is 63.1 Å². The minimum absolute atomic E-state index is 0.00292. The molecule has 2 saturated heterocycles. The molecule has 0 radical (unpaired) electrons. The maximum absolute atomic E-state index is 13.3. The minimum atomic E-state index is -4.90. The number of nitrogens with one attached hydrogen (secondary N) is 3. The number of carbonyl (C=O) groups is 5. The molecule has 22 nitrogen and oxygen atoms in total. The van der Waals surface area contributed by atoms with Crippen molar-refractivity contribution in [2.45, 2.75) is 62.7 Å². The van der Waals surface area contributed by atoms with E-state index < -0.39 is 85.6 Å². The monoisotopic (exact) mass is 1010 g/mol. The van der Waals surface area contributed by atoms with Crippen LogP contribution in [0.5, 0.6) is 5.75 Å². The summed E-state index contributed by atoms with van der Waals surface area (Å²) in [6, 6.07) is 18.7. The third-order valence-corrected chi connectivity index (χ3v) is 13.8. The SMILES string of the molecule is Cc1cn([C@H]2C[C@@H](O)[C@@H](COP(=O)([O-])OCCSC3CC(=O)N(c4ccc(CCCC(=O)NNC(=O)c5ccc(C(=O)O)c(-c6c7ccc(=O)cc-7oc7cc(O)ccc67)c5)cc4)C3=O)O2)c(=O)[nH]c1=O. The number of imide groups is 1. The van der Waals surface area contributed by atoms with Crippen LogP contribution in [0.3, 0.4) is 0 Å². The number of phenols is 1. The normalized spacial score (nSPS) is 18.8. The number of hydrogen-bond donors (Lipinski definition) is 6. The topological polar surface area (TPSA) is 326 Å². The molecule has 3 aliphatic heterocycles. The van der Waals surface area contributed by atoms with Gasteiger partial charge >= 0.3 is 11.7 Å². The Bertz CT molecular complexity index is 3280. The first-order valence-corrected chi connectivity index (χ1v) is 24.4. The number of rotatable bonds is 17. The van der Waals surface area contributed by atoms with E-state index >= 15 is 0 Å². The van der Waals surface area contributed by atoms with Gasteiger partial charge in [-0.05, 0) is 85.5 Å². The van der Waals surface area contributed by atoms with E-state index in [0.717, 1.165) is 26.8 Å². The van der Waals surface area contributed by atoms with Crippen molar-refractivity contribution in [3.63, 3.8) is 0 Å². The summed E-state index contributed by atoms with van der Waals surface area (Å²) in [6.45, 7) is 0.470. The van der Waals surface area contributed by atoms with Gasteiger partial charge in [0.05, 0.1) is 35.8 Å². The Balaban J connectivity index is 0.782. The van der Waals surface area contributed by atoms with Gasteiger partial charge in [-0.15, -0.1) is 11.8 Å². The molecule has 0 saturated carbocycles. The van der Waals surface area contributed by atoms with Crippen LogP contribution in [0.2, 0.25) is 0 Å². The molecule has 71 heavy (non-hydrogen) atoms. The average molecular weight is 1010 g/mol. The van der Waals surface area contributed by atoms with Crippen LogP contribution in [0.1, 0.15) is 63.8 Å². The number of aliphatic hydroxyl groups excluding tert-OH is 1. The minimum Gasteiger partial charge on any atom is -0.756 e. The number of carboxylic acids is 1. The number of carboxylic acid groups (broad SMARTS) is 1. The summed E-state index contributed by atoms with van der Waals surface area (Å²) < 4.78 is 34.8. The van der Waals surface area contributed by atoms with Gasteiger partial charge in [-0.2, -0.15) is 0 Å². The van der Waals surface area contributed by atoms with Crippen molar-refractivity contribution >= 4 is 65.8 Å². The maximum atomic E-state index is 13.3. The zero-order chi connectivity index (χ0) is 50.7. The number of phenolic OH excluding ortho intramolecular Hbond substituents is 1. The van der Waals surface area contributed by atoms with Crippen molar-refractivity contribution in [3.8, 4) is 28.2 Å². The number of thioether (sulfide) groups is 1. The predicted molar refractivity (Wildman–Crippen MR) is 252 cm³/mol. The number of fused-ring (bicyclic) bond motifs is 2. The number of phosphoric acid groups is 1. The van der Waals surface area contributed by atoms with Crippen molar-refractivity contribution in [3.05, 3.63) is 138 Å². The van der Waals surface area contributed by atoms with Gasteiger partial charge in [0.25, 0.3) is 19.3 Å². The number of hydrazine groups is 1. The predicted octanol–water partition coefficient (Wildman–Crippen LogP) is 3.13. The van der Waals surface area contributed by atoms with E-state index in [1.165, 1.54) is 67.7 Å². The van der Waals surface area contributed by atoms with Crippen LogP contribution in [-0.2, 0) is 39.2 Å². The number of amides is 4. The Labute approximate surface area is 405 Å². The highest BCUT2D eigenvalue weighted by molar-refractivity contribution is 8.00. The first kappa shape index (κ1) is 50.2. The third kappa shape index (κ3) is 11.4. The van der Waals surface area contributed by atoms with Crippen LogP contribution >= 0.6 is 19.6 Å².